The van der Waals surface area contributed by atoms with Gasteiger partial charge in [0, 0.05) is 7.11 Å². The zero-order valence-electron chi connectivity index (χ0n) is 16.2. The number of nitrogens with zero attached hydrogens (tertiary/aromatic N) is 1. The average Bonchev–Trinajstić information content (AvgIpc) is 2.73. The number of rotatable bonds is 6. The molecular weight excluding hydrogens is 405 g/mol. The Kier molecular flexibility index (Phi) is 6.46. The topological polar surface area (TPSA) is 78.4 Å². The van der Waals surface area contributed by atoms with Crippen LogP contribution in [0.5, 0.6) is 17.2 Å². The Morgan fingerprint density at radius 2 is 1.87 bits per heavy atom. The SMILES string of the molecule is COc1cc(C=NNC(=O)C(OC)c2ccc3c(c2)OCCO3)ccc1C(F)(F)F. The number of methoxy groups -OCH3 is 2. The normalized spacial score (nSPS) is 14.4. The molecule has 1 unspecified atom stereocenters. The van der Waals surface area contributed by atoms with E-state index in [2.05, 4.69) is 10.5 Å². The molecule has 10 heteroatoms. The van der Waals surface area contributed by atoms with Crippen LogP contribution in [0.1, 0.15) is 22.8 Å². The number of fused-ring (bicyclic) bond motifs is 1. The highest BCUT2D eigenvalue weighted by molar-refractivity contribution is 5.85. The number of carbonyl (C=O) groups excluding carboxylic acids is 1. The smallest absolute Gasteiger partial charge is 0.419 e. The molecule has 0 radical (unpaired) electrons. The van der Waals surface area contributed by atoms with E-state index in [1.807, 2.05) is 0 Å². The van der Waals surface area contributed by atoms with Crippen LogP contribution in [0.3, 0.4) is 0 Å². The number of benzene rings is 2. The van der Waals surface area contributed by atoms with Crippen LogP contribution in [0.15, 0.2) is 41.5 Å². The monoisotopic (exact) mass is 424 g/mol. The number of halogens is 3. The van der Waals surface area contributed by atoms with Crippen LogP contribution in [0.25, 0.3) is 0 Å². The lowest BCUT2D eigenvalue weighted by Crippen LogP contribution is -2.27. The molecule has 0 fully saturated rings. The molecule has 0 aliphatic carbocycles. The largest absolute Gasteiger partial charge is 0.496 e. The van der Waals surface area contributed by atoms with Gasteiger partial charge in [-0.15, -0.1) is 0 Å². The van der Waals surface area contributed by atoms with Crippen LogP contribution in [-0.4, -0.2) is 39.6 Å². The predicted molar refractivity (Wildman–Crippen MR) is 101 cm³/mol. The third kappa shape index (κ3) is 4.82. The highest BCUT2D eigenvalue weighted by atomic mass is 19.4. The van der Waals surface area contributed by atoms with Crippen molar-refractivity contribution in [2.45, 2.75) is 12.3 Å². The summed E-state index contributed by atoms with van der Waals surface area (Å²) >= 11 is 0. The summed E-state index contributed by atoms with van der Waals surface area (Å²) in [6.07, 6.45) is -4.30. The van der Waals surface area contributed by atoms with E-state index in [1.165, 1.54) is 25.5 Å². The van der Waals surface area contributed by atoms with E-state index in [0.29, 0.717) is 35.8 Å². The molecule has 1 aliphatic rings. The summed E-state index contributed by atoms with van der Waals surface area (Å²) in [6, 6.07) is 8.27. The molecule has 160 valence electrons. The Morgan fingerprint density at radius 1 is 1.13 bits per heavy atom. The second-order valence-electron chi connectivity index (χ2n) is 6.21. The predicted octanol–water partition coefficient (Wildman–Crippen LogP) is 3.32. The van der Waals surface area contributed by atoms with Gasteiger partial charge in [-0.2, -0.15) is 18.3 Å². The molecule has 0 bridgehead atoms. The molecule has 0 saturated carbocycles. The summed E-state index contributed by atoms with van der Waals surface area (Å²) in [6.45, 7) is 0.852. The van der Waals surface area contributed by atoms with Crippen LogP contribution in [0, 0.1) is 0 Å². The second kappa shape index (κ2) is 9.04. The van der Waals surface area contributed by atoms with E-state index in [-0.39, 0.29) is 5.75 Å². The minimum Gasteiger partial charge on any atom is -0.496 e. The van der Waals surface area contributed by atoms with Crippen LogP contribution in [0.4, 0.5) is 13.2 Å². The third-order valence-electron chi connectivity index (χ3n) is 4.26. The van der Waals surface area contributed by atoms with Gasteiger partial charge in [-0.3, -0.25) is 4.79 Å². The number of hydrazone groups is 1. The highest BCUT2D eigenvalue weighted by Crippen LogP contribution is 2.36. The van der Waals surface area contributed by atoms with E-state index in [9.17, 15) is 18.0 Å². The first kappa shape index (κ1) is 21.4. The first-order valence-corrected chi connectivity index (χ1v) is 8.84. The van der Waals surface area contributed by atoms with Crippen LogP contribution in [-0.2, 0) is 15.7 Å². The molecule has 2 aromatic carbocycles. The maximum Gasteiger partial charge on any atom is 0.419 e. The van der Waals surface area contributed by atoms with Crippen LogP contribution >= 0.6 is 0 Å². The number of amides is 1. The second-order valence-corrected chi connectivity index (χ2v) is 6.21. The molecule has 2 aromatic rings. The summed E-state index contributed by atoms with van der Waals surface area (Å²) in [7, 11) is 2.51. The van der Waals surface area contributed by atoms with E-state index in [1.54, 1.807) is 18.2 Å². The molecular formula is C20H19F3N2O5. The summed E-state index contributed by atoms with van der Waals surface area (Å²) in [5, 5.41) is 3.79. The first-order chi connectivity index (χ1) is 14.3. The van der Waals surface area contributed by atoms with Crippen molar-refractivity contribution >= 4 is 12.1 Å². The van der Waals surface area contributed by atoms with Crippen molar-refractivity contribution in [3.63, 3.8) is 0 Å². The molecule has 7 nitrogen and oxygen atoms in total. The third-order valence-corrected chi connectivity index (χ3v) is 4.26. The zero-order valence-corrected chi connectivity index (χ0v) is 16.2. The molecule has 1 N–H and O–H groups in total. The summed E-state index contributed by atoms with van der Waals surface area (Å²) in [4.78, 5) is 12.4. The lowest BCUT2D eigenvalue weighted by atomic mass is 10.1. The number of alkyl halides is 3. The summed E-state index contributed by atoms with van der Waals surface area (Å²) < 4.78 is 59.7. The number of hydrogen-bond donors (Lipinski definition) is 1. The number of hydrogen-bond acceptors (Lipinski definition) is 6. The molecule has 1 amide bonds. The van der Waals surface area contributed by atoms with Crippen LogP contribution < -0.4 is 19.6 Å². The fraction of sp³-hybridized carbons (Fsp3) is 0.300. The van der Waals surface area contributed by atoms with Gasteiger partial charge in [0.1, 0.15) is 19.0 Å². The minimum absolute atomic E-state index is 0.313. The molecule has 0 saturated heterocycles. The van der Waals surface area contributed by atoms with E-state index < -0.39 is 23.8 Å². The standard InChI is InChI=1S/C20H19F3N2O5/c1-27-16-9-12(3-5-14(16)20(21,22)23)11-24-25-19(26)18(28-2)13-4-6-15-17(10-13)30-8-7-29-15/h3-6,9-11,18H,7-8H2,1-2H3,(H,25,26). The maximum absolute atomic E-state index is 12.9. The Balaban J connectivity index is 1.70. The Labute approximate surface area is 170 Å². The van der Waals surface area contributed by atoms with Crippen molar-refractivity contribution < 1.29 is 36.9 Å². The van der Waals surface area contributed by atoms with Crippen molar-refractivity contribution in [1.82, 2.24) is 5.43 Å². The van der Waals surface area contributed by atoms with Gasteiger partial charge in [0.15, 0.2) is 17.6 Å². The van der Waals surface area contributed by atoms with Gasteiger partial charge in [0.25, 0.3) is 5.91 Å². The van der Waals surface area contributed by atoms with Gasteiger partial charge < -0.3 is 18.9 Å². The lowest BCUT2D eigenvalue weighted by molar-refractivity contribution is -0.138. The van der Waals surface area contributed by atoms with Crippen molar-refractivity contribution in [2.24, 2.45) is 5.10 Å². The number of ether oxygens (including phenoxy) is 4. The molecule has 0 aromatic heterocycles. The Morgan fingerprint density at radius 3 is 2.53 bits per heavy atom. The van der Waals surface area contributed by atoms with Gasteiger partial charge in [-0.05, 0) is 35.4 Å². The average molecular weight is 424 g/mol. The molecule has 1 atom stereocenters. The molecule has 1 aliphatic heterocycles. The molecule has 3 rings (SSSR count). The van der Waals surface area contributed by atoms with Crippen LogP contribution in [0.2, 0.25) is 0 Å². The quantitative estimate of drug-likeness (QED) is 0.569. The van der Waals surface area contributed by atoms with E-state index in [4.69, 9.17) is 18.9 Å². The first-order valence-electron chi connectivity index (χ1n) is 8.84. The van der Waals surface area contributed by atoms with Gasteiger partial charge in [0.2, 0.25) is 0 Å². The summed E-state index contributed by atoms with van der Waals surface area (Å²) in [5.41, 5.74) is 2.26. The minimum atomic E-state index is -4.54. The Bertz CT molecular complexity index is 947. The number of carbonyl (C=O) groups is 1. The number of nitrogens with one attached hydrogen (secondary N) is 1. The molecule has 30 heavy (non-hydrogen) atoms. The van der Waals surface area contributed by atoms with E-state index in [0.717, 1.165) is 13.2 Å². The van der Waals surface area contributed by atoms with Gasteiger partial charge in [-0.25, -0.2) is 5.43 Å². The van der Waals surface area contributed by atoms with Gasteiger partial charge in [0.05, 0.1) is 18.9 Å². The fourth-order valence-corrected chi connectivity index (χ4v) is 2.87. The van der Waals surface area contributed by atoms with Crippen molar-refractivity contribution in [1.29, 1.82) is 0 Å². The lowest BCUT2D eigenvalue weighted by Gasteiger charge is -2.20. The highest BCUT2D eigenvalue weighted by Gasteiger charge is 2.34. The maximum atomic E-state index is 12.9. The van der Waals surface area contributed by atoms with Gasteiger partial charge in [-0.1, -0.05) is 12.1 Å². The molecule has 0 spiro atoms. The van der Waals surface area contributed by atoms with Crippen molar-refractivity contribution in [3.8, 4) is 17.2 Å². The van der Waals surface area contributed by atoms with E-state index >= 15 is 0 Å². The zero-order chi connectivity index (χ0) is 21.7. The molecule has 1 heterocycles. The van der Waals surface area contributed by atoms with Gasteiger partial charge >= 0.3 is 6.18 Å². The summed E-state index contributed by atoms with van der Waals surface area (Å²) in [5.74, 6) is 0.177. The van der Waals surface area contributed by atoms with Crippen molar-refractivity contribution in [2.75, 3.05) is 27.4 Å². The van der Waals surface area contributed by atoms with Crippen molar-refractivity contribution in [3.05, 3.63) is 53.1 Å². The fourth-order valence-electron chi connectivity index (χ4n) is 2.87. The Hall–Kier alpha value is -3.27.